The van der Waals surface area contributed by atoms with Gasteiger partial charge in [-0.1, -0.05) is 36.5 Å². The van der Waals surface area contributed by atoms with Crippen LogP contribution in [0, 0.1) is 5.82 Å². The normalized spacial score (nSPS) is 10.3. The van der Waals surface area contributed by atoms with Crippen LogP contribution in [0.15, 0.2) is 42.5 Å². The van der Waals surface area contributed by atoms with Crippen LogP contribution in [0.4, 0.5) is 4.39 Å². The Balaban J connectivity index is 2.14. The number of thiocarbonyl (C=S) groups is 1. The van der Waals surface area contributed by atoms with Crippen molar-refractivity contribution in [1.29, 1.82) is 0 Å². The van der Waals surface area contributed by atoms with Gasteiger partial charge in [-0.25, -0.2) is 4.39 Å². The molecule has 0 unspecified atom stereocenters. The molecule has 0 amide bonds. The molecular weight excluding hydrogens is 277 g/mol. The molecule has 3 nitrogen and oxygen atoms in total. The van der Waals surface area contributed by atoms with E-state index in [1.165, 1.54) is 6.07 Å². The zero-order valence-corrected chi connectivity index (χ0v) is 11.5. The number of nitrogens with two attached hydrogens (primary N) is 1. The van der Waals surface area contributed by atoms with Gasteiger partial charge in [-0.2, -0.15) is 0 Å². The molecule has 2 rings (SSSR count). The number of ether oxygens (including phenoxy) is 1. The summed E-state index contributed by atoms with van der Waals surface area (Å²) >= 11 is 4.79. The van der Waals surface area contributed by atoms with Crippen LogP contribution in [0.2, 0.25) is 0 Å². The number of benzene rings is 2. The van der Waals surface area contributed by atoms with Crippen LogP contribution in [0.1, 0.15) is 16.7 Å². The van der Waals surface area contributed by atoms with Gasteiger partial charge in [-0.15, -0.1) is 0 Å². The molecule has 0 heterocycles. The second kappa shape index (κ2) is 6.45. The summed E-state index contributed by atoms with van der Waals surface area (Å²) in [4.78, 5) is 0.0200. The van der Waals surface area contributed by atoms with Crippen molar-refractivity contribution >= 4 is 17.2 Å². The maximum absolute atomic E-state index is 14.1. The standard InChI is InChI=1S/C15H14FNO2S/c16-14-11(4-2-6-13(14)15(17)20)9-19-12-5-1-3-10(7-12)8-18/h1-7,18H,8-9H2,(H2,17,20). The minimum atomic E-state index is -0.460. The van der Waals surface area contributed by atoms with Crippen molar-refractivity contribution in [3.8, 4) is 5.75 Å². The van der Waals surface area contributed by atoms with E-state index < -0.39 is 5.82 Å². The number of hydrogen-bond donors (Lipinski definition) is 2. The predicted molar refractivity (Wildman–Crippen MR) is 79.0 cm³/mol. The monoisotopic (exact) mass is 291 g/mol. The van der Waals surface area contributed by atoms with Crippen molar-refractivity contribution in [3.05, 3.63) is 65.0 Å². The zero-order chi connectivity index (χ0) is 14.5. The third kappa shape index (κ3) is 3.31. The summed E-state index contributed by atoms with van der Waals surface area (Å²) in [5.74, 6) is 0.106. The fraction of sp³-hybridized carbons (Fsp3) is 0.133. The molecule has 104 valence electrons. The van der Waals surface area contributed by atoms with Gasteiger partial charge >= 0.3 is 0 Å². The molecule has 0 atom stereocenters. The lowest BCUT2D eigenvalue weighted by atomic mass is 10.1. The van der Waals surface area contributed by atoms with E-state index >= 15 is 0 Å². The molecule has 0 bridgehead atoms. The number of rotatable bonds is 5. The van der Waals surface area contributed by atoms with E-state index in [0.717, 1.165) is 5.56 Å². The first kappa shape index (κ1) is 14.4. The van der Waals surface area contributed by atoms with Crippen LogP contribution >= 0.6 is 12.2 Å². The van der Waals surface area contributed by atoms with Crippen molar-refractivity contribution < 1.29 is 14.2 Å². The summed E-state index contributed by atoms with van der Waals surface area (Å²) in [6.45, 7) is -0.000339. The van der Waals surface area contributed by atoms with Gasteiger partial charge in [0.2, 0.25) is 0 Å². The second-order valence-electron chi connectivity index (χ2n) is 4.24. The van der Waals surface area contributed by atoms with E-state index in [4.69, 9.17) is 27.8 Å². The highest BCUT2D eigenvalue weighted by atomic mass is 32.1. The van der Waals surface area contributed by atoms with E-state index in [9.17, 15) is 4.39 Å². The van der Waals surface area contributed by atoms with Crippen LogP contribution in [0.25, 0.3) is 0 Å². The maximum Gasteiger partial charge on any atom is 0.139 e. The van der Waals surface area contributed by atoms with Crippen LogP contribution in [-0.2, 0) is 13.2 Å². The molecule has 3 N–H and O–H groups in total. The Morgan fingerprint density at radius 2 is 2.00 bits per heavy atom. The second-order valence-corrected chi connectivity index (χ2v) is 4.68. The molecule has 2 aromatic carbocycles. The molecule has 0 saturated carbocycles. The first-order chi connectivity index (χ1) is 9.61. The van der Waals surface area contributed by atoms with Gasteiger partial charge in [-0.05, 0) is 23.8 Å². The van der Waals surface area contributed by atoms with E-state index in [1.54, 1.807) is 36.4 Å². The van der Waals surface area contributed by atoms with E-state index in [-0.39, 0.29) is 23.8 Å². The Morgan fingerprint density at radius 1 is 1.25 bits per heavy atom. The summed E-state index contributed by atoms with van der Waals surface area (Å²) in [7, 11) is 0. The SMILES string of the molecule is NC(=S)c1cccc(COc2cccc(CO)c2)c1F. The van der Waals surface area contributed by atoms with Crippen LogP contribution in [-0.4, -0.2) is 10.1 Å². The number of halogens is 1. The number of aliphatic hydroxyl groups is 1. The topological polar surface area (TPSA) is 55.5 Å². The fourth-order valence-electron chi connectivity index (χ4n) is 1.78. The first-order valence-corrected chi connectivity index (χ1v) is 6.42. The Morgan fingerprint density at radius 3 is 2.70 bits per heavy atom. The molecule has 0 fully saturated rings. The first-order valence-electron chi connectivity index (χ1n) is 6.01. The van der Waals surface area contributed by atoms with Crippen LogP contribution < -0.4 is 10.5 Å². The molecule has 0 radical (unpaired) electrons. The molecule has 0 aliphatic carbocycles. The molecule has 20 heavy (non-hydrogen) atoms. The lowest BCUT2D eigenvalue weighted by Gasteiger charge is -2.10. The Labute approximate surface area is 121 Å². The van der Waals surface area contributed by atoms with E-state index in [0.29, 0.717) is 11.3 Å². The lowest BCUT2D eigenvalue weighted by Crippen LogP contribution is -2.13. The minimum Gasteiger partial charge on any atom is -0.489 e. The summed E-state index contributed by atoms with van der Waals surface area (Å²) < 4.78 is 19.6. The van der Waals surface area contributed by atoms with Crippen LogP contribution in [0.5, 0.6) is 5.75 Å². The molecule has 0 aromatic heterocycles. The van der Waals surface area contributed by atoms with Crippen molar-refractivity contribution in [2.24, 2.45) is 5.73 Å². The summed E-state index contributed by atoms with van der Waals surface area (Å²) in [5.41, 5.74) is 6.78. The quantitative estimate of drug-likeness (QED) is 0.831. The number of aliphatic hydroxyl groups excluding tert-OH is 1. The van der Waals surface area contributed by atoms with Gasteiger partial charge in [0.25, 0.3) is 0 Å². The van der Waals surface area contributed by atoms with Crippen molar-refractivity contribution in [2.45, 2.75) is 13.2 Å². The molecule has 5 heteroatoms. The zero-order valence-electron chi connectivity index (χ0n) is 10.7. The molecular formula is C15H14FNO2S. The highest BCUT2D eigenvalue weighted by molar-refractivity contribution is 7.80. The van der Waals surface area contributed by atoms with Crippen molar-refractivity contribution in [2.75, 3.05) is 0 Å². The van der Waals surface area contributed by atoms with Crippen molar-refractivity contribution in [3.63, 3.8) is 0 Å². The van der Waals surface area contributed by atoms with Gasteiger partial charge in [0, 0.05) is 11.1 Å². The maximum atomic E-state index is 14.1. The Kier molecular flexibility index (Phi) is 4.65. The van der Waals surface area contributed by atoms with Gasteiger partial charge in [0.1, 0.15) is 23.2 Å². The van der Waals surface area contributed by atoms with Gasteiger partial charge in [0.05, 0.1) is 6.61 Å². The van der Waals surface area contributed by atoms with E-state index in [1.807, 2.05) is 0 Å². The largest absolute Gasteiger partial charge is 0.489 e. The molecule has 0 aliphatic rings. The minimum absolute atomic E-state index is 0.0200. The van der Waals surface area contributed by atoms with E-state index in [2.05, 4.69) is 0 Å². The summed E-state index contributed by atoms with van der Waals surface area (Å²) in [5, 5.41) is 9.05. The fourth-order valence-corrected chi connectivity index (χ4v) is 1.93. The Hall–Kier alpha value is -1.98. The van der Waals surface area contributed by atoms with Crippen LogP contribution in [0.3, 0.4) is 0 Å². The third-order valence-electron chi connectivity index (χ3n) is 2.82. The van der Waals surface area contributed by atoms with Gasteiger partial charge < -0.3 is 15.6 Å². The highest BCUT2D eigenvalue weighted by Crippen LogP contribution is 2.18. The molecule has 0 spiro atoms. The van der Waals surface area contributed by atoms with Gasteiger partial charge in [0.15, 0.2) is 0 Å². The smallest absolute Gasteiger partial charge is 0.139 e. The molecule has 0 saturated heterocycles. The number of hydrogen-bond acceptors (Lipinski definition) is 3. The summed E-state index contributed by atoms with van der Waals surface area (Å²) in [6.07, 6.45) is 0. The Bertz CT molecular complexity index is 631. The average Bonchev–Trinajstić information content (AvgIpc) is 2.46. The van der Waals surface area contributed by atoms with Gasteiger partial charge in [-0.3, -0.25) is 0 Å². The summed E-state index contributed by atoms with van der Waals surface area (Å²) in [6, 6.07) is 11.8. The third-order valence-corrected chi connectivity index (χ3v) is 3.04. The molecule has 0 aliphatic heterocycles. The lowest BCUT2D eigenvalue weighted by molar-refractivity contribution is 0.277. The average molecular weight is 291 g/mol. The molecule has 2 aromatic rings. The highest BCUT2D eigenvalue weighted by Gasteiger charge is 2.10. The predicted octanol–water partition coefficient (Wildman–Crippen LogP) is 2.53. The van der Waals surface area contributed by atoms with Crippen molar-refractivity contribution in [1.82, 2.24) is 0 Å².